The first-order valence-corrected chi connectivity index (χ1v) is 11.1. The quantitative estimate of drug-likeness (QED) is 0.472. The van der Waals surface area contributed by atoms with Gasteiger partial charge in [0.2, 0.25) is 5.91 Å². The number of aromatic nitrogens is 2. The zero-order valence-electron chi connectivity index (χ0n) is 18.0. The van der Waals surface area contributed by atoms with Gasteiger partial charge >= 0.3 is 6.18 Å². The summed E-state index contributed by atoms with van der Waals surface area (Å²) in [7, 11) is 0. The third-order valence-corrected chi connectivity index (χ3v) is 6.78. The smallest absolute Gasteiger partial charge is 0.420 e. The van der Waals surface area contributed by atoms with Gasteiger partial charge in [-0.05, 0) is 25.0 Å². The highest BCUT2D eigenvalue weighted by atomic mass is 35.5. The molecule has 1 unspecified atom stereocenters. The van der Waals surface area contributed by atoms with Crippen molar-refractivity contribution in [2.45, 2.75) is 37.4 Å². The molecule has 0 bridgehead atoms. The van der Waals surface area contributed by atoms with Crippen LogP contribution in [0.3, 0.4) is 0 Å². The molecule has 35 heavy (non-hydrogen) atoms. The second-order valence-electron chi connectivity index (χ2n) is 8.58. The van der Waals surface area contributed by atoms with Crippen molar-refractivity contribution in [3.8, 4) is 11.1 Å². The molecule has 0 aromatic carbocycles. The van der Waals surface area contributed by atoms with Crippen molar-refractivity contribution in [2.75, 3.05) is 19.6 Å². The number of carbonyl (C=O) groups is 2. The molecule has 13 heteroatoms. The summed E-state index contributed by atoms with van der Waals surface area (Å²) < 4.78 is 75.6. The number of imidazole rings is 1. The summed E-state index contributed by atoms with van der Waals surface area (Å²) in [5.74, 6) is -4.51. The Morgan fingerprint density at radius 2 is 2.00 bits per heavy atom. The number of pyridine rings is 1. The number of furan rings is 1. The van der Waals surface area contributed by atoms with Crippen LogP contribution in [-0.2, 0) is 11.0 Å². The van der Waals surface area contributed by atoms with Gasteiger partial charge < -0.3 is 14.2 Å². The number of nitrogens with zero attached hydrogens (tertiary/aromatic N) is 4. The van der Waals surface area contributed by atoms with Crippen molar-refractivity contribution in [3.05, 3.63) is 47.3 Å². The third-order valence-electron chi connectivity index (χ3n) is 6.42. The number of amides is 2. The Balaban J connectivity index is 1.47. The predicted octanol–water partition coefficient (Wildman–Crippen LogP) is 4.74. The average Bonchev–Trinajstić information content (AvgIpc) is 3.51. The molecule has 1 aliphatic heterocycles. The van der Waals surface area contributed by atoms with Gasteiger partial charge in [-0.1, -0.05) is 11.6 Å². The van der Waals surface area contributed by atoms with Crippen molar-refractivity contribution in [1.82, 2.24) is 19.2 Å². The van der Waals surface area contributed by atoms with Gasteiger partial charge in [0, 0.05) is 36.8 Å². The van der Waals surface area contributed by atoms with Gasteiger partial charge in [0.15, 0.2) is 11.3 Å². The molecule has 1 atom stereocenters. The van der Waals surface area contributed by atoms with E-state index in [1.54, 1.807) is 0 Å². The second-order valence-corrected chi connectivity index (χ2v) is 8.94. The van der Waals surface area contributed by atoms with E-state index < -0.39 is 53.4 Å². The fourth-order valence-corrected chi connectivity index (χ4v) is 4.93. The molecule has 2 aliphatic rings. The number of fused-ring (bicyclic) bond motifs is 1. The molecule has 1 saturated heterocycles. The van der Waals surface area contributed by atoms with Crippen LogP contribution in [-0.4, -0.2) is 62.6 Å². The van der Waals surface area contributed by atoms with Crippen LogP contribution in [0, 0.1) is 0 Å². The summed E-state index contributed by atoms with van der Waals surface area (Å²) in [5.41, 5.74) is -1.65. The molecular weight excluding hydrogens is 499 g/mol. The van der Waals surface area contributed by atoms with Gasteiger partial charge in [-0.2, -0.15) is 13.2 Å². The Labute approximate surface area is 200 Å². The summed E-state index contributed by atoms with van der Waals surface area (Å²) in [6, 6.07) is 1.13. The van der Waals surface area contributed by atoms with Crippen molar-refractivity contribution < 1.29 is 36.0 Å². The summed E-state index contributed by atoms with van der Waals surface area (Å²) in [6.45, 7) is -0.690. The van der Waals surface area contributed by atoms with Gasteiger partial charge in [0.05, 0.1) is 24.1 Å². The largest absolute Gasteiger partial charge is 0.472 e. The van der Waals surface area contributed by atoms with Crippen molar-refractivity contribution in [2.24, 2.45) is 0 Å². The molecule has 186 valence electrons. The Hall–Kier alpha value is -3.15. The highest BCUT2D eigenvalue weighted by molar-refractivity contribution is 6.33. The van der Waals surface area contributed by atoms with E-state index in [9.17, 15) is 31.5 Å². The lowest BCUT2D eigenvalue weighted by Gasteiger charge is -2.39. The number of carbonyl (C=O) groups excluding carboxylic acids is 2. The molecule has 3 aromatic rings. The maximum Gasteiger partial charge on any atom is 0.420 e. The molecule has 0 N–H and O–H groups in total. The summed E-state index contributed by atoms with van der Waals surface area (Å²) in [4.78, 5) is 31.7. The van der Waals surface area contributed by atoms with E-state index in [2.05, 4.69) is 4.98 Å². The van der Waals surface area contributed by atoms with Crippen molar-refractivity contribution >= 4 is 29.1 Å². The zero-order chi connectivity index (χ0) is 25.1. The number of rotatable bonds is 3. The molecule has 5 rings (SSSR count). The predicted molar refractivity (Wildman–Crippen MR) is 113 cm³/mol. The first-order chi connectivity index (χ1) is 16.5. The van der Waals surface area contributed by atoms with Crippen LogP contribution in [0.4, 0.5) is 22.0 Å². The summed E-state index contributed by atoms with van der Waals surface area (Å²) in [5, 5.41) is -0.363. The first kappa shape index (κ1) is 23.6. The monoisotopic (exact) mass is 516 g/mol. The molecule has 2 amide bonds. The minimum atomic E-state index is -4.80. The Morgan fingerprint density at radius 1 is 1.23 bits per heavy atom. The lowest BCUT2D eigenvalue weighted by atomic mass is 10.1. The van der Waals surface area contributed by atoms with E-state index >= 15 is 0 Å². The standard InChI is InChI=1S/C22H18ClF5N4O3/c23-18-17(20(34)30-5-6-31(16(33)10-30)15-2-1-4-21(15,24)25)29-19-14(22(26,27)28)8-13(9-32(18)19)12-3-7-35-11-12/h3,7-9,11,15H,1-2,4-6,10H2. The molecule has 4 heterocycles. The van der Waals surface area contributed by atoms with Crippen LogP contribution in [0.5, 0.6) is 0 Å². The fraction of sp³-hybridized carbons (Fsp3) is 0.409. The summed E-state index contributed by atoms with van der Waals surface area (Å²) >= 11 is 6.30. The normalized spacial score (nSPS) is 20.7. The van der Waals surface area contributed by atoms with Gasteiger partial charge in [-0.15, -0.1) is 0 Å². The van der Waals surface area contributed by atoms with Crippen LogP contribution in [0.15, 0.2) is 35.3 Å². The summed E-state index contributed by atoms with van der Waals surface area (Å²) in [6.07, 6.45) is -0.778. The minimum Gasteiger partial charge on any atom is -0.472 e. The Morgan fingerprint density at radius 3 is 2.60 bits per heavy atom. The SMILES string of the molecule is O=C(c1nc2c(C(F)(F)F)cc(-c3ccoc3)cn2c1Cl)N1CCN(C2CCCC2(F)F)C(=O)C1. The fourth-order valence-electron chi connectivity index (χ4n) is 4.68. The molecule has 1 aliphatic carbocycles. The van der Waals surface area contributed by atoms with E-state index in [-0.39, 0.29) is 36.6 Å². The van der Waals surface area contributed by atoms with Gasteiger partial charge in [0.25, 0.3) is 11.8 Å². The third kappa shape index (κ3) is 4.03. The molecular formula is C22H18ClF5N4O3. The number of alkyl halides is 5. The second kappa shape index (κ2) is 8.21. The molecule has 2 fully saturated rings. The van der Waals surface area contributed by atoms with Gasteiger partial charge in [-0.25, -0.2) is 13.8 Å². The van der Waals surface area contributed by atoms with Crippen LogP contribution in [0.25, 0.3) is 16.8 Å². The molecule has 1 saturated carbocycles. The van der Waals surface area contributed by atoms with Crippen molar-refractivity contribution in [3.63, 3.8) is 0 Å². The number of halogens is 6. The molecule has 0 radical (unpaired) electrons. The Kier molecular flexibility index (Phi) is 5.53. The molecule has 3 aromatic heterocycles. The van der Waals surface area contributed by atoms with E-state index in [0.29, 0.717) is 12.0 Å². The average molecular weight is 517 g/mol. The highest BCUT2D eigenvalue weighted by Crippen LogP contribution is 2.40. The number of piperazine rings is 1. The highest BCUT2D eigenvalue weighted by Gasteiger charge is 2.49. The maximum absolute atomic E-state index is 14.1. The van der Waals surface area contributed by atoms with E-state index in [1.165, 1.54) is 24.8 Å². The Bertz CT molecular complexity index is 1300. The van der Waals surface area contributed by atoms with Crippen LogP contribution in [0.1, 0.15) is 35.3 Å². The van der Waals surface area contributed by atoms with E-state index in [4.69, 9.17) is 16.0 Å². The van der Waals surface area contributed by atoms with E-state index in [1.807, 2.05) is 0 Å². The first-order valence-electron chi connectivity index (χ1n) is 10.8. The topological polar surface area (TPSA) is 71.1 Å². The van der Waals surface area contributed by atoms with Crippen LogP contribution < -0.4 is 0 Å². The molecule has 0 spiro atoms. The number of hydrogen-bond donors (Lipinski definition) is 0. The van der Waals surface area contributed by atoms with Crippen LogP contribution in [0.2, 0.25) is 5.15 Å². The zero-order valence-corrected chi connectivity index (χ0v) is 18.7. The number of hydrogen-bond acceptors (Lipinski definition) is 4. The lowest BCUT2D eigenvalue weighted by Crippen LogP contribution is -2.58. The van der Waals surface area contributed by atoms with Gasteiger partial charge in [0.1, 0.15) is 11.7 Å². The van der Waals surface area contributed by atoms with Crippen LogP contribution >= 0.6 is 11.6 Å². The van der Waals surface area contributed by atoms with E-state index in [0.717, 1.165) is 20.3 Å². The van der Waals surface area contributed by atoms with Crippen molar-refractivity contribution in [1.29, 1.82) is 0 Å². The molecule has 7 nitrogen and oxygen atoms in total. The minimum absolute atomic E-state index is 0.0756. The lowest BCUT2D eigenvalue weighted by molar-refractivity contribution is -0.147. The maximum atomic E-state index is 14.1. The van der Waals surface area contributed by atoms with Gasteiger partial charge in [-0.3, -0.25) is 14.0 Å².